The number of benzene rings is 2. The molecule has 0 aromatic heterocycles. The van der Waals surface area contributed by atoms with E-state index < -0.39 is 14.9 Å². The molecule has 1 atom stereocenters. The van der Waals surface area contributed by atoms with E-state index in [1.165, 1.54) is 22.5 Å². The van der Waals surface area contributed by atoms with E-state index in [0.29, 0.717) is 13.1 Å². The Kier molecular flexibility index (Phi) is 7.60. The van der Waals surface area contributed by atoms with E-state index in [1.807, 2.05) is 35.2 Å². The van der Waals surface area contributed by atoms with Gasteiger partial charge in [-0.2, -0.15) is 4.31 Å². The van der Waals surface area contributed by atoms with Crippen molar-refractivity contribution in [1.29, 1.82) is 0 Å². The van der Waals surface area contributed by atoms with Crippen molar-refractivity contribution >= 4 is 21.6 Å². The molecule has 1 N–H and O–H groups in total. The summed E-state index contributed by atoms with van der Waals surface area (Å²) < 4.78 is 27.1. The third kappa shape index (κ3) is 5.70. The smallest absolute Gasteiger partial charge is 0.270 e. The van der Waals surface area contributed by atoms with E-state index in [9.17, 15) is 23.3 Å². The standard InChI is InChI=1S/C22H28N4O5S/c1-17(2)22(18-7-4-3-5-8-18)23-21(27)16-24-11-13-25(14-12-24)32(30,31)20-10-6-9-19(15-20)26(28)29/h3-10,15,17,22H,11-14,16H2,1-2H3,(H,23,27). The molecule has 10 heteroatoms. The van der Waals surface area contributed by atoms with Crippen molar-refractivity contribution in [3.8, 4) is 0 Å². The fraction of sp³-hybridized carbons (Fsp3) is 0.409. The van der Waals surface area contributed by atoms with E-state index >= 15 is 0 Å². The van der Waals surface area contributed by atoms with Crippen LogP contribution in [0, 0.1) is 16.0 Å². The monoisotopic (exact) mass is 460 g/mol. The molecule has 9 nitrogen and oxygen atoms in total. The van der Waals surface area contributed by atoms with Crippen LogP contribution in [0.25, 0.3) is 0 Å². The van der Waals surface area contributed by atoms with Crippen LogP contribution in [0.4, 0.5) is 5.69 Å². The lowest BCUT2D eigenvalue weighted by atomic mass is 9.96. The lowest BCUT2D eigenvalue weighted by Crippen LogP contribution is -2.51. The van der Waals surface area contributed by atoms with Crippen LogP contribution in [0.5, 0.6) is 0 Å². The highest BCUT2D eigenvalue weighted by Gasteiger charge is 2.30. The van der Waals surface area contributed by atoms with Gasteiger partial charge in [0.15, 0.2) is 0 Å². The first kappa shape index (κ1) is 23.8. The molecule has 3 rings (SSSR count). The first-order chi connectivity index (χ1) is 15.2. The van der Waals surface area contributed by atoms with E-state index in [1.54, 1.807) is 0 Å². The topological polar surface area (TPSA) is 113 Å². The second kappa shape index (κ2) is 10.2. The normalized spacial score (nSPS) is 16.6. The van der Waals surface area contributed by atoms with Crippen LogP contribution in [-0.4, -0.2) is 61.2 Å². The molecule has 0 aliphatic carbocycles. The summed E-state index contributed by atoms with van der Waals surface area (Å²) >= 11 is 0. The molecule has 1 amide bonds. The SMILES string of the molecule is CC(C)C(NC(=O)CN1CCN(S(=O)(=O)c2cccc([N+](=O)[O-])c2)CC1)c1ccccc1. The summed E-state index contributed by atoms with van der Waals surface area (Å²) in [6.45, 7) is 5.51. The maximum atomic E-state index is 12.9. The molecule has 0 spiro atoms. The Hall–Kier alpha value is -2.82. The quantitative estimate of drug-likeness (QED) is 0.478. The summed E-state index contributed by atoms with van der Waals surface area (Å²) in [5.41, 5.74) is 0.781. The first-order valence-corrected chi connectivity index (χ1v) is 11.9. The lowest BCUT2D eigenvalue weighted by Gasteiger charge is -2.34. The van der Waals surface area contributed by atoms with Crippen molar-refractivity contribution in [3.05, 3.63) is 70.3 Å². The number of rotatable bonds is 8. The van der Waals surface area contributed by atoms with Crippen LogP contribution < -0.4 is 5.32 Å². The summed E-state index contributed by atoms with van der Waals surface area (Å²) in [5, 5.41) is 14.1. The molecule has 1 saturated heterocycles. The molecule has 0 radical (unpaired) electrons. The zero-order chi connectivity index (χ0) is 23.3. The van der Waals surface area contributed by atoms with Gasteiger partial charge in [0, 0.05) is 38.3 Å². The maximum absolute atomic E-state index is 12.9. The number of carbonyl (C=O) groups excluding carboxylic acids is 1. The third-order valence-corrected chi connectivity index (χ3v) is 7.40. The van der Waals surface area contributed by atoms with E-state index in [0.717, 1.165) is 11.6 Å². The van der Waals surface area contributed by atoms with Crippen molar-refractivity contribution in [2.45, 2.75) is 24.8 Å². The van der Waals surface area contributed by atoms with Crippen molar-refractivity contribution in [2.75, 3.05) is 32.7 Å². The number of carbonyl (C=O) groups is 1. The summed E-state index contributed by atoms with van der Waals surface area (Å²) in [4.78, 5) is 24.8. The molecule has 172 valence electrons. The molecule has 1 aliphatic rings. The number of nitro groups is 1. The van der Waals surface area contributed by atoms with Crippen LogP contribution in [-0.2, 0) is 14.8 Å². The molecule has 2 aromatic carbocycles. The minimum Gasteiger partial charge on any atom is -0.348 e. The molecule has 32 heavy (non-hydrogen) atoms. The minimum absolute atomic E-state index is 0.0967. The second-order valence-corrected chi connectivity index (χ2v) is 10.1. The fourth-order valence-corrected chi connectivity index (χ4v) is 5.21. The van der Waals surface area contributed by atoms with Gasteiger partial charge in [-0.05, 0) is 17.5 Å². The van der Waals surface area contributed by atoms with Crippen LogP contribution in [0.15, 0.2) is 59.5 Å². The Morgan fingerprint density at radius 2 is 1.72 bits per heavy atom. The second-order valence-electron chi connectivity index (χ2n) is 8.13. The zero-order valence-electron chi connectivity index (χ0n) is 18.2. The molecule has 2 aromatic rings. The number of nitro benzene ring substituents is 1. The predicted octanol–water partition coefficient (Wildman–Crippen LogP) is 2.41. The summed E-state index contributed by atoms with van der Waals surface area (Å²) in [7, 11) is -3.83. The highest BCUT2D eigenvalue weighted by atomic mass is 32.2. The number of hydrogen-bond acceptors (Lipinski definition) is 6. The van der Waals surface area contributed by atoms with Crippen molar-refractivity contribution in [2.24, 2.45) is 5.92 Å². The van der Waals surface area contributed by atoms with Gasteiger partial charge in [-0.15, -0.1) is 0 Å². The Labute approximate surface area is 188 Å². The summed E-state index contributed by atoms with van der Waals surface area (Å²) in [6, 6.07) is 14.8. The highest BCUT2D eigenvalue weighted by Crippen LogP contribution is 2.23. The highest BCUT2D eigenvalue weighted by molar-refractivity contribution is 7.89. The van der Waals surface area contributed by atoms with Gasteiger partial charge < -0.3 is 5.32 Å². The van der Waals surface area contributed by atoms with Gasteiger partial charge in [0.25, 0.3) is 5.69 Å². The molecular formula is C22H28N4O5S. The van der Waals surface area contributed by atoms with Crippen molar-refractivity contribution in [3.63, 3.8) is 0 Å². The molecule has 1 heterocycles. The first-order valence-electron chi connectivity index (χ1n) is 10.5. The van der Waals surface area contributed by atoms with Gasteiger partial charge in [-0.25, -0.2) is 8.42 Å². The van der Waals surface area contributed by atoms with Crippen molar-refractivity contribution < 1.29 is 18.1 Å². The molecule has 1 fully saturated rings. The summed E-state index contributed by atoms with van der Waals surface area (Å²) in [6.07, 6.45) is 0. The number of hydrogen-bond donors (Lipinski definition) is 1. The van der Waals surface area contributed by atoms with E-state index in [2.05, 4.69) is 19.2 Å². The Morgan fingerprint density at radius 3 is 2.31 bits per heavy atom. The number of amides is 1. The molecular weight excluding hydrogens is 432 g/mol. The van der Waals surface area contributed by atoms with Gasteiger partial charge in [0.1, 0.15) is 0 Å². The fourth-order valence-electron chi connectivity index (χ4n) is 3.75. The van der Waals surface area contributed by atoms with Crippen LogP contribution in [0.2, 0.25) is 0 Å². The lowest BCUT2D eigenvalue weighted by molar-refractivity contribution is -0.385. The summed E-state index contributed by atoms with van der Waals surface area (Å²) in [5.74, 6) is 0.112. The van der Waals surface area contributed by atoms with E-state index in [4.69, 9.17) is 0 Å². The molecule has 0 bridgehead atoms. The number of piperazine rings is 1. The molecule has 1 aliphatic heterocycles. The third-order valence-electron chi connectivity index (χ3n) is 5.51. The van der Waals surface area contributed by atoms with Crippen LogP contribution in [0.1, 0.15) is 25.5 Å². The zero-order valence-corrected chi connectivity index (χ0v) is 19.0. The Morgan fingerprint density at radius 1 is 1.06 bits per heavy atom. The maximum Gasteiger partial charge on any atom is 0.270 e. The largest absolute Gasteiger partial charge is 0.348 e. The van der Waals surface area contributed by atoms with Gasteiger partial charge >= 0.3 is 0 Å². The number of sulfonamides is 1. The Balaban J connectivity index is 1.58. The van der Waals surface area contributed by atoms with Gasteiger partial charge in [-0.3, -0.25) is 19.8 Å². The Bertz CT molecular complexity index is 1050. The number of nitrogens with zero attached hydrogens (tertiary/aromatic N) is 3. The van der Waals surface area contributed by atoms with E-state index in [-0.39, 0.29) is 48.1 Å². The number of non-ortho nitro benzene ring substituents is 1. The predicted molar refractivity (Wildman–Crippen MR) is 120 cm³/mol. The average Bonchev–Trinajstić information content (AvgIpc) is 2.78. The molecule has 0 saturated carbocycles. The average molecular weight is 461 g/mol. The van der Waals surface area contributed by atoms with Gasteiger partial charge in [0.2, 0.25) is 15.9 Å². The molecule has 1 unspecified atom stereocenters. The van der Waals surface area contributed by atoms with Gasteiger partial charge in [-0.1, -0.05) is 50.2 Å². The van der Waals surface area contributed by atoms with Crippen LogP contribution in [0.3, 0.4) is 0 Å². The van der Waals surface area contributed by atoms with Crippen LogP contribution >= 0.6 is 0 Å². The van der Waals surface area contributed by atoms with Gasteiger partial charge in [0.05, 0.1) is 22.4 Å². The van der Waals surface area contributed by atoms with Crippen molar-refractivity contribution in [1.82, 2.24) is 14.5 Å². The number of nitrogens with one attached hydrogen (secondary N) is 1. The minimum atomic E-state index is -3.83.